The Hall–Kier alpha value is -1.79. The Morgan fingerprint density at radius 3 is 2.79 bits per heavy atom. The molecule has 1 aromatic rings. The number of amides is 1. The van der Waals surface area contributed by atoms with Gasteiger partial charge < -0.3 is 20.3 Å². The lowest BCUT2D eigenvalue weighted by Gasteiger charge is -2.26. The molecule has 2 rings (SSSR count). The summed E-state index contributed by atoms with van der Waals surface area (Å²) >= 11 is 0. The number of phenols is 2. The van der Waals surface area contributed by atoms with E-state index in [0.29, 0.717) is 6.54 Å². The third-order valence-corrected chi connectivity index (χ3v) is 3.04. The minimum Gasteiger partial charge on any atom is -0.508 e. The fourth-order valence-corrected chi connectivity index (χ4v) is 1.95. The van der Waals surface area contributed by atoms with E-state index in [1.807, 2.05) is 0 Å². The fraction of sp³-hybridized carbons (Fsp3) is 0.462. The van der Waals surface area contributed by atoms with Crippen LogP contribution in [0, 0.1) is 0 Å². The van der Waals surface area contributed by atoms with Gasteiger partial charge in [0.25, 0.3) is 5.91 Å². The zero-order valence-electron chi connectivity index (χ0n) is 10.6. The number of benzene rings is 1. The summed E-state index contributed by atoms with van der Waals surface area (Å²) in [6.07, 6.45) is 0. The van der Waals surface area contributed by atoms with Crippen molar-refractivity contribution in [1.29, 1.82) is 0 Å². The Morgan fingerprint density at radius 1 is 1.32 bits per heavy atom. The summed E-state index contributed by atoms with van der Waals surface area (Å²) in [5.41, 5.74) is 0.0852. The van der Waals surface area contributed by atoms with Gasteiger partial charge in [-0.1, -0.05) is 0 Å². The van der Waals surface area contributed by atoms with Crippen molar-refractivity contribution < 1.29 is 19.7 Å². The van der Waals surface area contributed by atoms with Gasteiger partial charge in [-0.2, -0.15) is 0 Å². The first-order valence-electron chi connectivity index (χ1n) is 6.27. The second kappa shape index (κ2) is 6.40. The van der Waals surface area contributed by atoms with Crippen LogP contribution in [0.15, 0.2) is 18.2 Å². The van der Waals surface area contributed by atoms with Gasteiger partial charge in [0.2, 0.25) is 0 Å². The van der Waals surface area contributed by atoms with Gasteiger partial charge in [0.1, 0.15) is 11.5 Å². The number of rotatable bonds is 4. The number of hydrogen-bond donors (Lipinski definition) is 3. The van der Waals surface area contributed by atoms with E-state index in [1.54, 1.807) is 0 Å². The first kappa shape index (κ1) is 13.6. The van der Waals surface area contributed by atoms with E-state index < -0.39 is 0 Å². The van der Waals surface area contributed by atoms with E-state index in [4.69, 9.17) is 4.74 Å². The minimum atomic E-state index is -0.387. The van der Waals surface area contributed by atoms with Crippen LogP contribution in [0.25, 0.3) is 0 Å². The van der Waals surface area contributed by atoms with E-state index in [0.717, 1.165) is 32.8 Å². The number of phenolic OH excluding ortho intramolecular Hbond substituents is 2. The third-order valence-electron chi connectivity index (χ3n) is 3.04. The van der Waals surface area contributed by atoms with Gasteiger partial charge in [0.15, 0.2) is 0 Å². The number of hydrogen-bond acceptors (Lipinski definition) is 5. The summed E-state index contributed by atoms with van der Waals surface area (Å²) in [5.74, 6) is -0.570. The van der Waals surface area contributed by atoms with Gasteiger partial charge in [-0.05, 0) is 18.2 Å². The van der Waals surface area contributed by atoms with Crippen molar-refractivity contribution in [2.75, 3.05) is 39.4 Å². The predicted octanol–water partition coefficient (Wildman–Crippen LogP) is 0.160. The Balaban J connectivity index is 1.82. The first-order valence-corrected chi connectivity index (χ1v) is 6.27. The van der Waals surface area contributed by atoms with Crippen LogP contribution in [-0.2, 0) is 4.74 Å². The maximum atomic E-state index is 11.8. The number of nitrogens with one attached hydrogen (secondary N) is 1. The van der Waals surface area contributed by atoms with E-state index in [-0.39, 0.29) is 23.0 Å². The maximum absolute atomic E-state index is 11.8. The molecule has 0 atom stereocenters. The molecule has 1 heterocycles. The highest BCUT2D eigenvalue weighted by atomic mass is 16.5. The number of ether oxygens (including phenoxy) is 1. The third kappa shape index (κ3) is 3.84. The van der Waals surface area contributed by atoms with Gasteiger partial charge in [-0.15, -0.1) is 0 Å². The molecule has 0 aromatic heterocycles. The van der Waals surface area contributed by atoms with Crippen LogP contribution in [0.1, 0.15) is 10.4 Å². The molecule has 3 N–H and O–H groups in total. The molecule has 19 heavy (non-hydrogen) atoms. The monoisotopic (exact) mass is 266 g/mol. The highest BCUT2D eigenvalue weighted by molar-refractivity contribution is 5.97. The molecule has 0 saturated carbocycles. The van der Waals surface area contributed by atoms with Crippen molar-refractivity contribution in [2.45, 2.75) is 0 Å². The topological polar surface area (TPSA) is 82.0 Å². The highest BCUT2D eigenvalue weighted by Crippen LogP contribution is 2.21. The predicted molar refractivity (Wildman–Crippen MR) is 69.4 cm³/mol. The molecule has 1 saturated heterocycles. The van der Waals surface area contributed by atoms with Crippen molar-refractivity contribution in [1.82, 2.24) is 10.2 Å². The number of nitrogens with zero attached hydrogens (tertiary/aromatic N) is 1. The smallest absolute Gasteiger partial charge is 0.255 e. The zero-order valence-corrected chi connectivity index (χ0v) is 10.6. The fourth-order valence-electron chi connectivity index (χ4n) is 1.95. The number of carbonyl (C=O) groups excluding carboxylic acids is 1. The molecule has 1 fully saturated rings. The molecule has 6 heteroatoms. The molecule has 104 valence electrons. The molecule has 0 unspecified atom stereocenters. The Labute approximate surface area is 111 Å². The summed E-state index contributed by atoms with van der Waals surface area (Å²) in [6, 6.07) is 3.88. The Morgan fingerprint density at radius 2 is 2.05 bits per heavy atom. The van der Waals surface area contributed by atoms with Crippen molar-refractivity contribution in [2.24, 2.45) is 0 Å². The summed E-state index contributed by atoms with van der Waals surface area (Å²) in [7, 11) is 0. The number of morpholine rings is 1. The van der Waals surface area contributed by atoms with E-state index in [9.17, 15) is 15.0 Å². The van der Waals surface area contributed by atoms with Crippen molar-refractivity contribution in [3.8, 4) is 11.5 Å². The van der Waals surface area contributed by atoms with Crippen LogP contribution >= 0.6 is 0 Å². The molecule has 0 bridgehead atoms. The number of aromatic hydroxyl groups is 2. The lowest BCUT2D eigenvalue weighted by atomic mass is 10.2. The molecule has 0 aliphatic carbocycles. The van der Waals surface area contributed by atoms with E-state index >= 15 is 0 Å². The number of carbonyl (C=O) groups is 1. The molecule has 0 spiro atoms. The lowest BCUT2D eigenvalue weighted by Crippen LogP contribution is -2.41. The summed E-state index contributed by atoms with van der Waals surface area (Å²) < 4.78 is 5.24. The summed E-state index contributed by atoms with van der Waals surface area (Å²) in [4.78, 5) is 14.0. The Kier molecular flexibility index (Phi) is 4.59. The average molecular weight is 266 g/mol. The molecule has 1 aliphatic rings. The maximum Gasteiger partial charge on any atom is 0.255 e. The normalized spacial score (nSPS) is 16.2. The zero-order chi connectivity index (χ0) is 13.7. The van der Waals surface area contributed by atoms with Crippen molar-refractivity contribution >= 4 is 5.91 Å². The van der Waals surface area contributed by atoms with Crippen LogP contribution in [0.4, 0.5) is 0 Å². The molecule has 1 amide bonds. The standard InChI is InChI=1S/C13H18N2O4/c16-10-1-2-12(17)11(9-10)13(18)14-3-4-15-5-7-19-8-6-15/h1-2,9,16-17H,3-8H2,(H,14,18). The van der Waals surface area contributed by atoms with Crippen LogP contribution in [0.2, 0.25) is 0 Å². The second-order valence-corrected chi connectivity index (χ2v) is 4.41. The first-order chi connectivity index (χ1) is 9.16. The quantitative estimate of drug-likeness (QED) is 0.676. The van der Waals surface area contributed by atoms with Gasteiger partial charge in [0.05, 0.1) is 18.8 Å². The van der Waals surface area contributed by atoms with Crippen LogP contribution < -0.4 is 5.32 Å². The van der Waals surface area contributed by atoms with Crippen molar-refractivity contribution in [3.05, 3.63) is 23.8 Å². The van der Waals surface area contributed by atoms with Crippen LogP contribution in [-0.4, -0.2) is 60.4 Å². The van der Waals surface area contributed by atoms with E-state index in [1.165, 1.54) is 18.2 Å². The summed E-state index contributed by atoms with van der Waals surface area (Å²) in [5, 5.41) is 21.6. The largest absolute Gasteiger partial charge is 0.508 e. The van der Waals surface area contributed by atoms with Gasteiger partial charge >= 0.3 is 0 Å². The van der Waals surface area contributed by atoms with Gasteiger partial charge in [-0.3, -0.25) is 9.69 Å². The average Bonchev–Trinajstić information content (AvgIpc) is 2.42. The van der Waals surface area contributed by atoms with Gasteiger partial charge in [-0.25, -0.2) is 0 Å². The molecular formula is C13H18N2O4. The van der Waals surface area contributed by atoms with Gasteiger partial charge in [0, 0.05) is 26.2 Å². The molecule has 0 radical (unpaired) electrons. The second-order valence-electron chi connectivity index (χ2n) is 4.41. The molecule has 1 aliphatic heterocycles. The lowest BCUT2D eigenvalue weighted by molar-refractivity contribution is 0.0383. The molecular weight excluding hydrogens is 248 g/mol. The van der Waals surface area contributed by atoms with E-state index in [2.05, 4.69) is 10.2 Å². The summed E-state index contributed by atoms with van der Waals surface area (Å²) in [6.45, 7) is 4.42. The SMILES string of the molecule is O=C(NCCN1CCOCC1)c1cc(O)ccc1O. The Bertz CT molecular complexity index is 444. The van der Waals surface area contributed by atoms with Crippen LogP contribution in [0.5, 0.6) is 11.5 Å². The van der Waals surface area contributed by atoms with Crippen LogP contribution in [0.3, 0.4) is 0 Å². The van der Waals surface area contributed by atoms with Crippen molar-refractivity contribution in [3.63, 3.8) is 0 Å². The minimum absolute atomic E-state index is 0.0453. The highest BCUT2D eigenvalue weighted by Gasteiger charge is 2.13. The molecule has 6 nitrogen and oxygen atoms in total. The molecule has 1 aromatic carbocycles.